The molecule has 0 N–H and O–H groups in total. The van der Waals surface area contributed by atoms with Gasteiger partial charge in [-0.15, -0.1) is 0 Å². The van der Waals surface area contributed by atoms with Gasteiger partial charge in [0.05, 0.1) is 4.92 Å². The third kappa shape index (κ3) is 3.73. The smallest absolute Gasteiger partial charge is 0.269 e. The molecule has 0 spiro atoms. The molecule has 1 fully saturated rings. The van der Waals surface area contributed by atoms with E-state index in [-0.39, 0.29) is 11.6 Å². The molecule has 1 aliphatic heterocycles. The van der Waals surface area contributed by atoms with Crippen molar-refractivity contribution in [2.45, 2.75) is 13.8 Å². The number of non-ortho nitro benzene ring substituents is 1. The molecule has 1 amide bonds. The molecule has 0 unspecified atom stereocenters. The molecule has 1 aromatic heterocycles. The largest absolute Gasteiger partial charge is 0.337 e. The molecule has 130 valence electrons. The monoisotopic (exact) mass is 341 g/mol. The van der Waals surface area contributed by atoms with Crippen LogP contribution < -0.4 is 4.90 Å². The molecule has 2 heterocycles. The van der Waals surface area contributed by atoms with Crippen molar-refractivity contribution < 1.29 is 9.72 Å². The molecule has 0 saturated carbocycles. The van der Waals surface area contributed by atoms with Gasteiger partial charge < -0.3 is 9.80 Å². The van der Waals surface area contributed by atoms with Gasteiger partial charge in [0.1, 0.15) is 0 Å². The maximum absolute atomic E-state index is 12.5. The van der Waals surface area contributed by atoms with Crippen LogP contribution in [0.15, 0.2) is 30.3 Å². The number of aromatic nitrogens is 2. The average Bonchev–Trinajstić information content (AvgIpc) is 2.60. The number of carbonyl (C=O) groups excluding carboxylic acids is 1. The zero-order valence-electron chi connectivity index (χ0n) is 14.2. The molecular formula is C17H19N5O3. The minimum atomic E-state index is -0.475. The number of hydrogen-bond donors (Lipinski definition) is 0. The Bertz CT molecular complexity index is 778. The van der Waals surface area contributed by atoms with Crippen molar-refractivity contribution in [3.05, 3.63) is 57.4 Å². The minimum Gasteiger partial charge on any atom is -0.337 e. The lowest BCUT2D eigenvalue weighted by Gasteiger charge is -2.35. The standard InChI is InChI=1S/C17H19N5O3/c1-12-11-13(2)19-17(18-12)21-9-7-20(8-10-21)16(23)14-3-5-15(6-4-14)22(24)25/h3-6,11H,7-10H2,1-2H3. The first-order valence-corrected chi connectivity index (χ1v) is 8.05. The van der Waals surface area contributed by atoms with Crippen LogP contribution in [-0.2, 0) is 0 Å². The quantitative estimate of drug-likeness (QED) is 0.626. The third-order valence-electron chi connectivity index (χ3n) is 4.15. The number of aryl methyl sites for hydroxylation is 2. The van der Waals surface area contributed by atoms with E-state index in [1.165, 1.54) is 24.3 Å². The summed E-state index contributed by atoms with van der Waals surface area (Å²) >= 11 is 0. The van der Waals surface area contributed by atoms with Crippen LogP contribution in [-0.4, -0.2) is 51.9 Å². The fraction of sp³-hybridized carbons (Fsp3) is 0.353. The molecule has 0 bridgehead atoms. The first-order valence-electron chi connectivity index (χ1n) is 8.05. The summed E-state index contributed by atoms with van der Waals surface area (Å²) in [7, 11) is 0. The number of rotatable bonds is 3. The van der Waals surface area contributed by atoms with E-state index in [4.69, 9.17) is 0 Å². The van der Waals surface area contributed by atoms with Crippen LogP contribution in [0.2, 0.25) is 0 Å². The van der Waals surface area contributed by atoms with E-state index >= 15 is 0 Å². The molecule has 25 heavy (non-hydrogen) atoms. The highest BCUT2D eigenvalue weighted by molar-refractivity contribution is 5.94. The summed E-state index contributed by atoms with van der Waals surface area (Å²) < 4.78 is 0. The van der Waals surface area contributed by atoms with Gasteiger partial charge in [-0.2, -0.15) is 0 Å². The first-order chi connectivity index (χ1) is 11.9. The van der Waals surface area contributed by atoms with E-state index in [9.17, 15) is 14.9 Å². The van der Waals surface area contributed by atoms with E-state index in [1.54, 1.807) is 4.90 Å². The van der Waals surface area contributed by atoms with E-state index in [1.807, 2.05) is 19.9 Å². The Hall–Kier alpha value is -3.03. The fourth-order valence-electron chi connectivity index (χ4n) is 2.87. The van der Waals surface area contributed by atoms with Gasteiger partial charge in [-0.1, -0.05) is 0 Å². The van der Waals surface area contributed by atoms with Crippen LogP contribution in [0.5, 0.6) is 0 Å². The van der Waals surface area contributed by atoms with Gasteiger partial charge >= 0.3 is 0 Å². The maximum Gasteiger partial charge on any atom is 0.269 e. The van der Waals surface area contributed by atoms with Crippen LogP contribution >= 0.6 is 0 Å². The summed E-state index contributed by atoms with van der Waals surface area (Å²) in [6.07, 6.45) is 0. The van der Waals surface area contributed by atoms with Crippen LogP contribution in [0, 0.1) is 24.0 Å². The normalized spacial score (nSPS) is 14.5. The van der Waals surface area contributed by atoms with Gasteiger partial charge in [0.15, 0.2) is 0 Å². The second-order valence-corrected chi connectivity index (χ2v) is 6.03. The van der Waals surface area contributed by atoms with Crippen molar-refractivity contribution in [2.75, 3.05) is 31.1 Å². The Morgan fingerprint density at radius 1 is 1.04 bits per heavy atom. The highest BCUT2D eigenvalue weighted by atomic mass is 16.6. The number of carbonyl (C=O) groups is 1. The highest BCUT2D eigenvalue weighted by Crippen LogP contribution is 2.17. The number of benzene rings is 1. The Morgan fingerprint density at radius 3 is 2.12 bits per heavy atom. The third-order valence-corrected chi connectivity index (χ3v) is 4.15. The van der Waals surface area contributed by atoms with E-state index in [0.717, 1.165) is 11.4 Å². The number of nitro groups is 1. The van der Waals surface area contributed by atoms with Crippen LogP contribution in [0.25, 0.3) is 0 Å². The van der Waals surface area contributed by atoms with Crippen molar-refractivity contribution in [2.24, 2.45) is 0 Å². The summed E-state index contributed by atoms with van der Waals surface area (Å²) in [6.45, 7) is 6.31. The van der Waals surface area contributed by atoms with Gasteiger partial charge in [0.2, 0.25) is 5.95 Å². The Morgan fingerprint density at radius 2 is 1.60 bits per heavy atom. The Kier molecular flexibility index (Phi) is 4.60. The van der Waals surface area contributed by atoms with Crippen molar-refractivity contribution in [3.8, 4) is 0 Å². The summed E-state index contributed by atoms with van der Waals surface area (Å²) in [4.78, 5) is 35.5. The van der Waals surface area contributed by atoms with Gasteiger partial charge in [-0.05, 0) is 32.0 Å². The molecule has 1 aliphatic rings. The lowest BCUT2D eigenvalue weighted by atomic mass is 10.1. The molecule has 8 heteroatoms. The van der Waals surface area contributed by atoms with Crippen LogP contribution in [0.4, 0.5) is 11.6 Å². The number of nitro benzene ring substituents is 1. The first kappa shape index (κ1) is 16.8. The average molecular weight is 341 g/mol. The molecule has 0 aliphatic carbocycles. The summed E-state index contributed by atoms with van der Waals surface area (Å²) in [5.41, 5.74) is 2.29. The van der Waals surface area contributed by atoms with Crippen molar-refractivity contribution >= 4 is 17.5 Å². The van der Waals surface area contributed by atoms with Gasteiger partial charge in [0.25, 0.3) is 11.6 Å². The number of amides is 1. The number of hydrogen-bond acceptors (Lipinski definition) is 6. The predicted molar refractivity (Wildman–Crippen MR) is 92.7 cm³/mol. The topological polar surface area (TPSA) is 92.5 Å². The van der Waals surface area contributed by atoms with Crippen LogP contribution in [0.1, 0.15) is 21.7 Å². The molecule has 1 saturated heterocycles. The summed E-state index contributed by atoms with van der Waals surface area (Å²) in [6, 6.07) is 7.64. The van der Waals surface area contributed by atoms with Gasteiger partial charge in [-0.25, -0.2) is 9.97 Å². The fourth-order valence-corrected chi connectivity index (χ4v) is 2.87. The minimum absolute atomic E-state index is 0.0201. The van der Waals surface area contributed by atoms with Crippen molar-refractivity contribution in [1.82, 2.24) is 14.9 Å². The highest BCUT2D eigenvalue weighted by Gasteiger charge is 2.24. The number of nitrogens with zero attached hydrogens (tertiary/aromatic N) is 5. The van der Waals surface area contributed by atoms with Gasteiger partial charge in [0, 0.05) is 55.3 Å². The zero-order chi connectivity index (χ0) is 18.0. The lowest BCUT2D eigenvalue weighted by Crippen LogP contribution is -2.49. The summed E-state index contributed by atoms with van der Waals surface area (Å²) in [5.74, 6) is 0.579. The maximum atomic E-state index is 12.5. The second-order valence-electron chi connectivity index (χ2n) is 6.03. The van der Waals surface area contributed by atoms with E-state index in [0.29, 0.717) is 37.7 Å². The second kappa shape index (κ2) is 6.84. The Balaban J connectivity index is 1.65. The molecular weight excluding hydrogens is 322 g/mol. The molecule has 3 rings (SSSR count). The van der Waals surface area contributed by atoms with Gasteiger partial charge in [-0.3, -0.25) is 14.9 Å². The lowest BCUT2D eigenvalue weighted by molar-refractivity contribution is -0.384. The van der Waals surface area contributed by atoms with Crippen molar-refractivity contribution in [1.29, 1.82) is 0 Å². The molecule has 0 radical (unpaired) electrons. The molecule has 2 aromatic rings. The SMILES string of the molecule is Cc1cc(C)nc(N2CCN(C(=O)c3ccc([N+](=O)[O-])cc3)CC2)n1. The number of anilines is 1. The zero-order valence-corrected chi connectivity index (χ0v) is 14.2. The van der Waals surface area contributed by atoms with Crippen molar-refractivity contribution in [3.63, 3.8) is 0 Å². The molecule has 1 aromatic carbocycles. The predicted octanol–water partition coefficient (Wildman–Crippen LogP) is 1.96. The van der Waals surface area contributed by atoms with E-state index in [2.05, 4.69) is 14.9 Å². The van der Waals surface area contributed by atoms with Crippen LogP contribution in [0.3, 0.4) is 0 Å². The molecule has 0 atom stereocenters. The number of piperazine rings is 1. The van der Waals surface area contributed by atoms with E-state index < -0.39 is 4.92 Å². The molecule has 8 nitrogen and oxygen atoms in total. The Labute approximate surface area is 145 Å². The summed E-state index contributed by atoms with van der Waals surface area (Å²) in [5, 5.41) is 10.7.